The van der Waals surface area contributed by atoms with Gasteiger partial charge >= 0.3 is 0 Å². The molecule has 0 N–H and O–H groups in total. The number of benzene rings is 1. The van der Waals surface area contributed by atoms with Gasteiger partial charge in [-0.1, -0.05) is 37.1 Å². The number of alkyl halides is 1. The van der Waals surface area contributed by atoms with Gasteiger partial charge in [0.25, 0.3) is 0 Å². The molecule has 2 rings (SSSR count). The van der Waals surface area contributed by atoms with Gasteiger partial charge < -0.3 is 0 Å². The van der Waals surface area contributed by atoms with E-state index >= 15 is 0 Å². The molecule has 15 heavy (non-hydrogen) atoms. The summed E-state index contributed by atoms with van der Waals surface area (Å²) in [6.45, 7) is -0.349. The lowest BCUT2D eigenvalue weighted by atomic mass is 9.78. The summed E-state index contributed by atoms with van der Waals surface area (Å²) < 4.78 is 13.2. The van der Waals surface area contributed by atoms with Crippen LogP contribution in [0.15, 0.2) is 24.3 Å². The van der Waals surface area contributed by atoms with Crippen molar-refractivity contribution >= 4 is 6.29 Å². The molecule has 0 amide bonds. The third-order valence-corrected chi connectivity index (χ3v) is 3.48. The van der Waals surface area contributed by atoms with Crippen molar-refractivity contribution in [2.24, 2.45) is 0 Å². The zero-order valence-corrected chi connectivity index (χ0v) is 8.71. The maximum Gasteiger partial charge on any atom is 0.150 e. The molecule has 0 atom stereocenters. The van der Waals surface area contributed by atoms with E-state index in [0.29, 0.717) is 5.56 Å². The first kappa shape index (κ1) is 10.3. The molecule has 0 saturated heterocycles. The molecule has 0 heterocycles. The molecule has 0 spiro atoms. The van der Waals surface area contributed by atoms with E-state index in [0.717, 1.165) is 37.5 Å². The van der Waals surface area contributed by atoms with Crippen LogP contribution in [0.1, 0.15) is 41.6 Å². The van der Waals surface area contributed by atoms with Crippen molar-refractivity contribution in [3.8, 4) is 0 Å². The molecule has 1 aromatic rings. The second-order valence-corrected chi connectivity index (χ2v) is 4.33. The van der Waals surface area contributed by atoms with Gasteiger partial charge in [-0.05, 0) is 18.4 Å². The van der Waals surface area contributed by atoms with E-state index in [2.05, 4.69) is 0 Å². The molecule has 0 bridgehead atoms. The smallest absolute Gasteiger partial charge is 0.150 e. The predicted molar refractivity (Wildman–Crippen MR) is 58.0 cm³/mol. The van der Waals surface area contributed by atoms with Crippen LogP contribution in [-0.2, 0) is 5.41 Å². The third-order valence-electron chi connectivity index (χ3n) is 3.48. The Morgan fingerprint density at radius 3 is 2.53 bits per heavy atom. The molecule has 1 nitrogen and oxygen atoms in total. The van der Waals surface area contributed by atoms with Crippen LogP contribution in [0.2, 0.25) is 0 Å². The molecule has 1 aromatic carbocycles. The molecule has 0 unspecified atom stereocenters. The summed E-state index contributed by atoms with van der Waals surface area (Å²) in [4.78, 5) is 10.9. The average molecular weight is 206 g/mol. The maximum atomic E-state index is 13.2. The summed E-state index contributed by atoms with van der Waals surface area (Å²) in [7, 11) is 0. The Morgan fingerprint density at radius 1 is 1.27 bits per heavy atom. The minimum atomic E-state index is -0.377. The summed E-state index contributed by atoms with van der Waals surface area (Å²) in [5, 5.41) is 0. The number of halogens is 1. The lowest BCUT2D eigenvalue weighted by Crippen LogP contribution is -2.26. The van der Waals surface area contributed by atoms with Crippen LogP contribution < -0.4 is 0 Å². The first-order valence-electron chi connectivity index (χ1n) is 5.43. The van der Waals surface area contributed by atoms with Crippen molar-refractivity contribution in [2.45, 2.75) is 31.1 Å². The van der Waals surface area contributed by atoms with E-state index in [9.17, 15) is 9.18 Å². The van der Waals surface area contributed by atoms with Crippen molar-refractivity contribution in [3.05, 3.63) is 35.4 Å². The zero-order chi connectivity index (χ0) is 10.7. The Kier molecular flexibility index (Phi) is 2.85. The largest absolute Gasteiger partial charge is 0.298 e. The van der Waals surface area contributed by atoms with Crippen LogP contribution >= 0.6 is 0 Å². The molecule has 0 aliphatic heterocycles. The summed E-state index contributed by atoms with van der Waals surface area (Å²) in [5.74, 6) is 0. The van der Waals surface area contributed by atoms with E-state index in [1.807, 2.05) is 18.2 Å². The quantitative estimate of drug-likeness (QED) is 0.693. The minimum Gasteiger partial charge on any atom is -0.298 e. The van der Waals surface area contributed by atoms with Gasteiger partial charge in [0.05, 0.1) is 6.67 Å². The fraction of sp³-hybridized carbons (Fsp3) is 0.462. The molecule has 1 aliphatic rings. The standard InChI is InChI=1S/C13H15FO/c14-10-13(7-3-4-8-13)12-6-2-1-5-11(12)9-15/h1-2,5-6,9H,3-4,7-8,10H2. The molecular weight excluding hydrogens is 191 g/mol. The number of carbonyl (C=O) groups is 1. The first-order valence-corrected chi connectivity index (χ1v) is 5.43. The van der Waals surface area contributed by atoms with E-state index < -0.39 is 0 Å². The Bertz CT molecular complexity index is 353. The monoisotopic (exact) mass is 206 g/mol. The number of rotatable bonds is 3. The third kappa shape index (κ3) is 1.69. The van der Waals surface area contributed by atoms with Crippen molar-refractivity contribution < 1.29 is 9.18 Å². The maximum absolute atomic E-state index is 13.2. The minimum absolute atomic E-state index is 0.349. The van der Waals surface area contributed by atoms with Crippen LogP contribution in [0.4, 0.5) is 4.39 Å². The average Bonchev–Trinajstić information content (AvgIpc) is 2.79. The van der Waals surface area contributed by atoms with Crippen LogP contribution in [0.25, 0.3) is 0 Å². The van der Waals surface area contributed by atoms with Gasteiger partial charge in [0.1, 0.15) is 6.29 Å². The fourth-order valence-corrected chi connectivity index (χ4v) is 2.61. The van der Waals surface area contributed by atoms with Gasteiger partial charge in [-0.3, -0.25) is 9.18 Å². The SMILES string of the molecule is O=Cc1ccccc1C1(CF)CCCC1. The number of carbonyl (C=O) groups excluding carboxylic acids is 1. The first-order chi connectivity index (χ1) is 7.32. The normalized spacial score (nSPS) is 19.0. The second-order valence-electron chi connectivity index (χ2n) is 4.33. The molecule has 1 aliphatic carbocycles. The highest BCUT2D eigenvalue weighted by atomic mass is 19.1. The van der Waals surface area contributed by atoms with Crippen molar-refractivity contribution in [3.63, 3.8) is 0 Å². The number of aldehydes is 1. The van der Waals surface area contributed by atoms with Crippen molar-refractivity contribution in [1.82, 2.24) is 0 Å². The molecule has 1 fully saturated rings. The van der Waals surface area contributed by atoms with Crippen LogP contribution in [0.5, 0.6) is 0 Å². The fourth-order valence-electron chi connectivity index (χ4n) is 2.61. The molecule has 80 valence electrons. The van der Waals surface area contributed by atoms with E-state index in [1.54, 1.807) is 6.07 Å². The lowest BCUT2D eigenvalue weighted by molar-refractivity contribution is 0.112. The summed E-state index contributed by atoms with van der Waals surface area (Å²) in [6.07, 6.45) is 4.71. The summed E-state index contributed by atoms with van der Waals surface area (Å²) in [6, 6.07) is 7.39. The van der Waals surface area contributed by atoms with Crippen molar-refractivity contribution in [1.29, 1.82) is 0 Å². The summed E-state index contributed by atoms with van der Waals surface area (Å²) in [5.41, 5.74) is 1.18. The van der Waals surface area contributed by atoms with Gasteiger partial charge in [-0.15, -0.1) is 0 Å². The summed E-state index contributed by atoms with van der Waals surface area (Å²) >= 11 is 0. The van der Waals surface area contributed by atoms with Crippen molar-refractivity contribution in [2.75, 3.05) is 6.67 Å². The van der Waals surface area contributed by atoms with Gasteiger partial charge in [-0.2, -0.15) is 0 Å². The topological polar surface area (TPSA) is 17.1 Å². The zero-order valence-electron chi connectivity index (χ0n) is 8.71. The van der Waals surface area contributed by atoms with Gasteiger partial charge in [-0.25, -0.2) is 0 Å². The van der Waals surface area contributed by atoms with Gasteiger partial charge in [0.15, 0.2) is 0 Å². The molecule has 0 aromatic heterocycles. The Balaban J connectivity index is 2.46. The van der Waals surface area contributed by atoms with Crippen LogP contribution in [-0.4, -0.2) is 13.0 Å². The molecule has 1 saturated carbocycles. The molecule has 0 radical (unpaired) electrons. The highest BCUT2D eigenvalue weighted by Crippen LogP contribution is 2.42. The molecular formula is C13H15FO. The van der Waals surface area contributed by atoms with E-state index in [-0.39, 0.29) is 12.1 Å². The second kappa shape index (κ2) is 4.13. The van der Waals surface area contributed by atoms with Crippen LogP contribution in [0, 0.1) is 0 Å². The van der Waals surface area contributed by atoms with Gasteiger partial charge in [0, 0.05) is 11.0 Å². The number of hydrogen-bond donors (Lipinski definition) is 0. The Morgan fingerprint density at radius 2 is 1.93 bits per heavy atom. The Hall–Kier alpha value is -1.18. The number of hydrogen-bond acceptors (Lipinski definition) is 1. The Labute approximate surface area is 89.3 Å². The lowest BCUT2D eigenvalue weighted by Gasteiger charge is -2.27. The van der Waals surface area contributed by atoms with Gasteiger partial charge in [0.2, 0.25) is 0 Å². The van der Waals surface area contributed by atoms with E-state index in [4.69, 9.17) is 0 Å². The highest BCUT2D eigenvalue weighted by Gasteiger charge is 2.37. The predicted octanol–water partition coefficient (Wildman–Crippen LogP) is 3.28. The highest BCUT2D eigenvalue weighted by molar-refractivity contribution is 5.78. The molecule has 2 heteroatoms. The van der Waals surface area contributed by atoms with Crippen LogP contribution in [0.3, 0.4) is 0 Å². The van der Waals surface area contributed by atoms with E-state index in [1.165, 1.54) is 0 Å².